The maximum atomic E-state index is 11.7. The van der Waals surface area contributed by atoms with Crippen LogP contribution in [0.3, 0.4) is 0 Å². The SMILES string of the molecule is CN1C(=O)N2CC=C(c3cscn3)C1C2. The summed E-state index contributed by atoms with van der Waals surface area (Å²) in [6.07, 6.45) is 2.12. The van der Waals surface area contributed by atoms with Crippen LogP contribution in [-0.2, 0) is 0 Å². The highest BCUT2D eigenvalue weighted by atomic mass is 32.1. The van der Waals surface area contributed by atoms with Crippen LogP contribution in [-0.4, -0.2) is 47.0 Å². The van der Waals surface area contributed by atoms with Crippen molar-refractivity contribution in [2.75, 3.05) is 20.1 Å². The molecular weight excluding hydrogens is 210 g/mol. The van der Waals surface area contributed by atoms with Crippen LogP contribution < -0.4 is 0 Å². The highest BCUT2D eigenvalue weighted by Crippen LogP contribution is 2.30. The van der Waals surface area contributed by atoms with Crippen molar-refractivity contribution in [3.63, 3.8) is 0 Å². The van der Waals surface area contributed by atoms with E-state index in [1.807, 2.05) is 22.8 Å². The Bertz CT molecular complexity index is 426. The minimum Gasteiger partial charge on any atom is -0.319 e. The van der Waals surface area contributed by atoms with Gasteiger partial charge in [-0.2, -0.15) is 0 Å². The first-order chi connectivity index (χ1) is 7.27. The van der Waals surface area contributed by atoms with Crippen LogP contribution in [0.5, 0.6) is 0 Å². The second-order valence-electron chi connectivity index (χ2n) is 3.85. The van der Waals surface area contributed by atoms with Gasteiger partial charge in [0.15, 0.2) is 0 Å². The Labute approximate surface area is 91.8 Å². The molecule has 15 heavy (non-hydrogen) atoms. The molecule has 78 valence electrons. The van der Waals surface area contributed by atoms with Gasteiger partial charge in [0, 0.05) is 31.1 Å². The van der Waals surface area contributed by atoms with E-state index in [2.05, 4.69) is 11.1 Å². The lowest BCUT2D eigenvalue weighted by molar-refractivity contribution is 0.202. The van der Waals surface area contributed by atoms with Gasteiger partial charge in [-0.25, -0.2) is 9.78 Å². The fraction of sp³-hybridized carbons (Fsp3) is 0.400. The van der Waals surface area contributed by atoms with Gasteiger partial charge in [-0.15, -0.1) is 11.3 Å². The molecule has 1 aromatic rings. The van der Waals surface area contributed by atoms with Crippen molar-refractivity contribution in [1.82, 2.24) is 14.8 Å². The Morgan fingerprint density at radius 3 is 3.20 bits per heavy atom. The molecule has 0 aromatic carbocycles. The molecule has 3 heterocycles. The second kappa shape index (κ2) is 3.06. The highest BCUT2D eigenvalue weighted by Gasteiger charge is 2.39. The predicted octanol–water partition coefficient (Wildman–Crippen LogP) is 1.28. The molecule has 0 N–H and O–H groups in total. The first kappa shape index (κ1) is 8.91. The molecule has 2 amide bonds. The quantitative estimate of drug-likeness (QED) is 0.716. The lowest BCUT2D eigenvalue weighted by atomic mass is 10.0. The number of hydrogen-bond acceptors (Lipinski definition) is 3. The summed E-state index contributed by atoms with van der Waals surface area (Å²) in [4.78, 5) is 19.7. The number of rotatable bonds is 1. The molecule has 2 aliphatic heterocycles. The van der Waals surface area contributed by atoms with Crippen molar-refractivity contribution in [3.05, 3.63) is 22.7 Å². The zero-order chi connectivity index (χ0) is 10.4. The summed E-state index contributed by atoms with van der Waals surface area (Å²) >= 11 is 1.59. The van der Waals surface area contributed by atoms with E-state index < -0.39 is 0 Å². The second-order valence-corrected chi connectivity index (χ2v) is 4.57. The van der Waals surface area contributed by atoms with Crippen molar-refractivity contribution in [1.29, 1.82) is 0 Å². The average molecular weight is 221 g/mol. The van der Waals surface area contributed by atoms with Gasteiger partial charge in [-0.05, 0) is 0 Å². The molecule has 0 saturated carbocycles. The van der Waals surface area contributed by atoms with Gasteiger partial charge in [-0.1, -0.05) is 6.08 Å². The van der Waals surface area contributed by atoms with Crippen molar-refractivity contribution >= 4 is 22.9 Å². The van der Waals surface area contributed by atoms with Crippen LogP contribution in [0.15, 0.2) is 17.0 Å². The average Bonchev–Trinajstić information content (AvgIpc) is 2.85. The first-order valence-electron chi connectivity index (χ1n) is 4.87. The summed E-state index contributed by atoms with van der Waals surface area (Å²) in [5, 5.41) is 2.04. The molecular formula is C10H11N3OS. The molecule has 1 saturated heterocycles. The van der Waals surface area contributed by atoms with Crippen LogP contribution in [0.25, 0.3) is 5.57 Å². The fourth-order valence-electron chi connectivity index (χ4n) is 2.20. The standard InChI is InChI=1S/C10H11N3OS/c1-12-9-4-13(10(12)14)3-2-7(9)8-5-15-6-11-8/h2,5-6,9H,3-4H2,1H3. The lowest BCUT2D eigenvalue weighted by Crippen LogP contribution is -2.30. The number of amides is 2. The van der Waals surface area contributed by atoms with Crippen molar-refractivity contribution in [2.45, 2.75) is 6.04 Å². The van der Waals surface area contributed by atoms with Crippen LogP contribution in [0, 0.1) is 0 Å². The minimum atomic E-state index is 0.126. The molecule has 1 fully saturated rings. The smallest absolute Gasteiger partial charge is 0.319 e. The van der Waals surface area contributed by atoms with E-state index in [-0.39, 0.29) is 12.1 Å². The van der Waals surface area contributed by atoms with E-state index in [1.54, 1.807) is 16.2 Å². The van der Waals surface area contributed by atoms with Gasteiger partial charge in [0.05, 0.1) is 17.2 Å². The van der Waals surface area contributed by atoms with Gasteiger partial charge in [0.25, 0.3) is 0 Å². The normalized spacial score (nSPS) is 24.7. The molecule has 5 heteroatoms. The third kappa shape index (κ3) is 1.19. The molecule has 0 radical (unpaired) electrons. The van der Waals surface area contributed by atoms with Gasteiger partial charge in [0.2, 0.25) is 0 Å². The molecule has 0 aliphatic carbocycles. The van der Waals surface area contributed by atoms with Gasteiger partial charge >= 0.3 is 6.03 Å². The number of carbonyl (C=O) groups is 1. The minimum absolute atomic E-state index is 0.126. The Hall–Kier alpha value is -1.36. The van der Waals surface area contributed by atoms with E-state index in [0.29, 0.717) is 6.54 Å². The molecule has 1 unspecified atom stereocenters. The van der Waals surface area contributed by atoms with Crippen molar-refractivity contribution in [2.24, 2.45) is 0 Å². The summed E-state index contributed by atoms with van der Waals surface area (Å²) in [6.45, 7) is 1.52. The Morgan fingerprint density at radius 2 is 2.47 bits per heavy atom. The number of thiazole rings is 1. The van der Waals surface area contributed by atoms with Crippen molar-refractivity contribution < 1.29 is 4.79 Å². The third-order valence-corrected chi connectivity index (χ3v) is 3.64. The Kier molecular flexibility index (Phi) is 1.82. The van der Waals surface area contributed by atoms with Crippen LogP contribution >= 0.6 is 11.3 Å². The molecule has 2 aliphatic rings. The largest absolute Gasteiger partial charge is 0.320 e. The predicted molar refractivity (Wildman–Crippen MR) is 58.6 cm³/mol. The zero-order valence-electron chi connectivity index (χ0n) is 8.38. The molecule has 3 rings (SSSR count). The Morgan fingerprint density at radius 1 is 1.60 bits per heavy atom. The van der Waals surface area contributed by atoms with Crippen LogP contribution in [0.1, 0.15) is 5.69 Å². The maximum Gasteiger partial charge on any atom is 0.320 e. The first-order valence-corrected chi connectivity index (χ1v) is 5.82. The zero-order valence-corrected chi connectivity index (χ0v) is 9.20. The summed E-state index contributed by atoms with van der Waals surface area (Å²) in [5.74, 6) is 0. The highest BCUT2D eigenvalue weighted by molar-refractivity contribution is 7.07. The number of urea groups is 1. The number of aromatic nitrogens is 1. The van der Waals surface area contributed by atoms with Crippen molar-refractivity contribution in [3.8, 4) is 0 Å². The van der Waals surface area contributed by atoms with Crippen LogP contribution in [0.2, 0.25) is 0 Å². The fourth-order valence-corrected chi connectivity index (χ4v) is 2.76. The molecule has 1 atom stereocenters. The molecule has 0 spiro atoms. The number of likely N-dealkylation sites (N-methyl/N-ethyl adjacent to an activating group) is 1. The lowest BCUT2D eigenvalue weighted by Gasteiger charge is -2.22. The topological polar surface area (TPSA) is 36.4 Å². The Balaban J connectivity index is 2.00. The van der Waals surface area contributed by atoms with Crippen LogP contribution in [0.4, 0.5) is 4.79 Å². The summed E-state index contributed by atoms with van der Waals surface area (Å²) in [7, 11) is 1.86. The third-order valence-electron chi connectivity index (χ3n) is 3.05. The summed E-state index contributed by atoms with van der Waals surface area (Å²) in [5.41, 5.74) is 4.05. The monoisotopic (exact) mass is 221 g/mol. The maximum absolute atomic E-state index is 11.7. The number of carbonyl (C=O) groups excluding carboxylic acids is 1. The number of fused-ring (bicyclic) bond motifs is 2. The summed E-state index contributed by atoms with van der Waals surface area (Å²) < 4.78 is 0. The van der Waals surface area contributed by atoms with E-state index in [4.69, 9.17) is 0 Å². The van der Waals surface area contributed by atoms with Gasteiger partial charge < -0.3 is 9.80 Å². The van der Waals surface area contributed by atoms with E-state index in [0.717, 1.165) is 12.2 Å². The molecule has 4 nitrogen and oxygen atoms in total. The number of nitrogens with zero attached hydrogens (tertiary/aromatic N) is 3. The van der Waals surface area contributed by atoms with E-state index in [9.17, 15) is 4.79 Å². The molecule has 2 bridgehead atoms. The molecule has 1 aromatic heterocycles. The number of hydrogen-bond donors (Lipinski definition) is 0. The van der Waals surface area contributed by atoms with Gasteiger partial charge in [-0.3, -0.25) is 0 Å². The summed E-state index contributed by atoms with van der Waals surface area (Å²) in [6, 6.07) is 0.315. The van der Waals surface area contributed by atoms with Gasteiger partial charge in [0.1, 0.15) is 0 Å². The van der Waals surface area contributed by atoms with E-state index in [1.165, 1.54) is 5.57 Å². The van der Waals surface area contributed by atoms with E-state index >= 15 is 0 Å².